The minimum Gasteiger partial charge on any atom is -0.462 e. The van der Waals surface area contributed by atoms with Crippen molar-refractivity contribution in [1.82, 2.24) is 4.98 Å². The number of benzene rings is 1. The fraction of sp³-hybridized carbons (Fsp3) is 0.167. The van der Waals surface area contributed by atoms with Gasteiger partial charge < -0.3 is 4.74 Å². The van der Waals surface area contributed by atoms with E-state index >= 15 is 0 Å². The Morgan fingerprint density at radius 3 is 2.56 bits per heavy atom. The van der Waals surface area contributed by atoms with Crippen molar-refractivity contribution in [3.05, 3.63) is 69.9 Å². The first-order chi connectivity index (χ1) is 12.1. The molecule has 0 fully saturated rings. The van der Waals surface area contributed by atoms with Gasteiger partial charge in [-0.25, -0.2) is 9.78 Å². The van der Waals surface area contributed by atoms with Crippen LogP contribution in [0.1, 0.15) is 27.9 Å². The van der Waals surface area contributed by atoms with Crippen LogP contribution in [-0.4, -0.2) is 22.8 Å². The number of rotatable bonds is 5. The summed E-state index contributed by atoms with van der Waals surface area (Å²) >= 11 is 7.21. The molecule has 3 aromatic rings. The molecule has 0 spiro atoms. The van der Waals surface area contributed by atoms with Gasteiger partial charge in [0.15, 0.2) is 0 Å². The number of pyridine rings is 1. The molecule has 0 aliphatic carbocycles. The molecule has 2 heterocycles. The first kappa shape index (κ1) is 17.4. The van der Waals surface area contributed by atoms with E-state index in [2.05, 4.69) is 4.98 Å². The Morgan fingerprint density at radius 2 is 1.92 bits per heavy atom. The van der Waals surface area contributed by atoms with E-state index < -0.39 is 0 Å². The lowest BCUT2D eigenvalue weighted by Gasteiger charge is -2.03. The van der Waals surface area contributed by atoms with Crippen LogP contribution in [0.15, 0.2) is 48.8 Å². The summed E-state index contributed by atoms with van der Waals surface area (Å²) in [5.41, 5.74) is 2.50. The van der Waals surface area contributed by atoms with E-state index in [0.717, 1.165) is 15.9 Å². The van der Waals surface area contributed by atoms with Gasteiger partial charge in [0.25, 0.3) is 0 Å². The number of ether oxygens (including phenoxy) is 1. The third-order valence-electron chi connectivity index (χ3n) is 3.50. The van der Waals surface area contributed by atoms with Crippen molar-refractivity contribution < 1.29 is 19.5 Å². The molecule has 128 valence electrons. The summed E-state index contributed by atoms with van der Waals surface area (Å²) in [5, 5.41) is 10.7. The average Bonchev–Trinajstić information content (AvgIpc) is 3.02. The van der Waals surface area contributed by atoms with E-state index in [0.29, 0.717) is 33.6 Å². The van der Waals surface area contributed by atoms with Crippen molar-refractivity contribution in [2.24, 2.45) is 0 Å². The highest BCUT2D eigenvalue weighted by atomic mass is 35.5. The topological polar surface area (TPSA) is 63.3 Å². The molecule has 0 unspecified atom stereocenters. The van der Waals surface area contributed by atoms with E-state index in [1.165, 1.54) is 23.7 Å². The van der Waals surface area contributed by atoms with Crippen LogP contribution in [0.4, 0.5) is 0 Å². The molecule has 0 bridgehead atoms. The zero-order chi connectivity index (χ0) is 17.8. The number of carbonyl (C=O) groups is 1. The van der Waals surface area contributed by atoms with Crippen LogP contribution in [-0.2, 0) is 11.2 Å². The monoisotopic (exact) mass is 375 g/mol. The maximum atomic E-state index is 12.3. The molecule has 0 atom stereocenters. The molecule has 0 aliphatic heterocycles. The number of nitrogens with zero attached hydrogens (tertiary/aromatic N) is 2. The summed E-state index contributed by atoms with van der Waals surface area (Å²) in [5.74, 6) is -0.372. The summed E-state index contributed by atoms with van der Waals surface area (Å²) < 4.78 is 6.12. The van der Waals surface area contributed by atoms with Crippen LogP contribution in [0.3, 0.4) is 0 Å². The van der Waals surface area contributed by atoms with E-state index in [4.69, 9.17) is 16.3 Å². The lowest BCUT2D eigenvalue weighted by Crippen LogP contribution is -2.27. The second-order valence-electron chi connectivity index (χ2n) is 5.29. The van der Waals surface area contributed by atoms with E-state index in [9.17, 15) is 10.0 Å². The second-order valence-corrected chi connectivity index (χ2v) is 6.72. The van der Waals surface area contributed by atoms with Gasteiger partial charge >= 0.3 is 5.97 Å². The van der Waals surface area contributed by atoms with Gasteiger partial charge in [0.2, 0.25) is 12.4 Å². The lowest BCUT2D eigenvalue weighted by molar-refractivity contribution is -0.904. The largest absolute Gasteiger partial charge is 0.462 e. The normalized spacial score (nSPS) is 10.6. The molecule has 5 nitrogen and oxygen atoms in total. The van der Waals surface area contributed by atoms with Crippen molar-refractivity contribution >= 4 is 28.9 Å². The SMILES string of the molecule is CCOC(=O)c1sc(-c2cc[n+](O)cc2)nc1Cc1ccc(Cl)cc1. The smallest absolute Gasteiger partial charge is 0.350 e. The van der Waals surface area contributed by atoms with Crippen LogP contribution >= 0.6 is 22.9 Å². The zero-order valence-corrected chi connectivity index (χ0v) is 15.0. The molecule has 25 heavy (non-hydrogen) atoms. The van der Waals surface area contributed by atoms with Gasteiger partial charge in [-0.2, -0.15) is 0 Å². The summed E-state index contributed by atoms with van der Waals surface area (Å²) in [4.78, 5) is 17.4. The molecule has 0 saturated carbocycles. The maximum Gasteiger partial charge on any atom is 0.350 e. The highest BCUT2D eigenvalue weighted by Gasteiger charge is 2.20. The fourth-order valence-electron chi connectivity index (χ4n) is 2.31. The fourth-order valence-corrected chi connectivity index (χ4v) is 3.41. The quantitative estimate of drug-likeness (QED) is 0.419. The Kier molecular flexibility index (Phi) is 5.31. The Bertz CT molecular complexity index is 876. The number of halogens is 1. The van der Waals surface area contributed by atoms with Gasteiger partial charge in [0.1, 0.15) is 9.88 Å². The Hall–Kier alpha value is -2.44. The van der Waals surface area contributed by atoms with Gasteiger partial charge in [-0.1, -0.05) is 23.7 Å². The zero-order valence-electron chi connectivity index (χ0n) is 13.5. The summed E-state index contributed by atoms with van der Waals surface area (Å²) in [6, 6.07) is 10.9. The number of carbonyl (C=O) groups excluding carboxylic acids is 1. The van der Waals surface area contributed by atoms with Crippen molar-refractivity contribution in [2.75, 3.05) is 6.61 Å². The van der Waals surface area contributed by atoms with E-state index in [1.807, 2.05) is 24.3 Å². The molecule has 1 N–H and O–H groups in total. The highest BCUT2D eigenvalue weighted by molar-refractivity contribution is 7.17. The van der Waals surface area contributed by atoms with Crippen molar-refractivity contribution in [2.45, 2.75) is 13.3 Å². The molecule has 0 amide bonds. The molecule has 0 saturated heterocycles. The van der Waals surface area contributed by atoms with E-state index in [-0.39, 0.29) is 5.97 Å². The standard InChI is InChI=1S/C18H16ClN2O3S/c1-2-24-18(22)16-15(11-12-3-5-14(19)6-4-12)20-17(25-16)13-7-9-21(23)10-8-13/h3-10,23H,2,11H2,1H3/q+1. The number of hydrogen-bond acceptors (Lipinski definition) is 5. The Labute approximate surface area is 154 Å². The summed E-state index contributed by atoms with van der Waals surface area (Å²) in [6.45, 7) is 2.08. The number of thiazole rings is 1. The van der Waals surface area contributed by atoms with Gasteiger partial charge in [-0.15, -0.1) is 11.3 Å². The van der Waals surface area contributed by atoms with Crippen LogP contribution < -0.4 is 4.73 Å². The molecule has 7 heteroatoms. The molecule has 1 aromatic carbocycles. The first-order valence-electron chi connectivity index (χ1n) is 7.69. The molecular formula is C18H16ClN2O3S+. The van der Waals surface area contributed by atoms with Crippen molar-refractivity contribution in [3.8, 4) is 10.6 Å². The second kappa shape index (κ2) is 7.63. The molecular weight excluding hydrogens is 360 g/mol. The van der Waals surface area contributed by atoms with Crippen molar-refractivity contribution in [1.29, 1.82) is 0 Å². The minimum atomic E-state index is -0.372. The highest BCUT2D eigenvalue weighted by Crippen LogP contribution is 2.30. The Balaban J connectivity index is 1.97. The van der Waals surface area contributed by atoms with Gasteiger partial charge in [-0.3, -0.25) is 5.21 Å². The van der Waals surface area contributed by atoms with Crippen LogP contribution in [0.25, 0.3) is 10.6 Å². The Morgan fingerprint density at radius 1 is 1.24 bits per heavy atom. The lowest BCUT2D eigenvalue weighted by atomic mass is 10.1. The predicted octanol–water partition coefficient (Wildman–Crippen LogP) is 3.76. The summed E-state index contributed by atoms with van der Waals surface area (Å²) in [7, 11) is 0. The summed E-state index contributed by atoms with van der Waals surface area (Å²) in [6.07, 6.45) is 3.54. The van der Waals surface area contributed by atoms with Crippen molar-refractivity contribution in [3.63, 3.8) is 0 Å². The third kappa shape index (κ3) is 4.15. The molecule has 0 aliphatic rings. The maximum absolute atomic E-state index is 12.3. The van der Waals surface area contributed by atoms with Crippen LogP contribution in [0.2, 0.25) is 5.02 Å². The first-order valence-corrected chi connectivity index (χ1v) is 8.88. The number of hydrogen-bond donors (Lipinski definition) is 1. The predicted molar refractivity (Wildman–Crippen MR) is 95.1 cm³/mol. The van der Waals surface area contributed by atoms with E-state index in [1.54, 1.807) is 19.1 Å². The van der Waals surface area contributed by atoms with Gasteiger partial charge in [0, 0.05) is 33.9 Å². The molecule has 3 rings (SSSR count). The number of esters is 1. The third-order valence-corrected chi connectivity index (χ3v) is 4.88. The number of aromatic nitrogens is 2. The minimum absolute atomic E-state index is 0.308. The molecule has 2 aromatic heterocycles. The average molecular weight is 376 g/mol. The van der Waals surface area contributed by atoms with Gasteiger partial charge in [-0.05, 0) is 24.6 Å². The van der Waals surface area contributed by atoms with Crippen LogP contribution in [0, 0.1) is 0 Å². The van der Waals surface area contributed by atoms with Gasteiger partial charge in [0.05, 0.1) is 12.3 Å². The van der Waals surface area contributed by atoms with Crippen LogP contribution in [0.5, 0.6) is 0 Å². The molecule has 0 radical (unpaired) electrons.